The van der Waals surface area contributed by atoms with Crippen LogP contribution in [0.25, 0.3) is 6.08 Å². The van der Waals surface area contributed by atoms with E-state index in [1.54, 1.807) is 31.2 Å². The van der Waals surface area contributed by atoms with Gasteiger partial charge in [0, 0.05) is 11.3 Å². The summed E-state index contributed by atoms with van der Waals surface area (Å²) in [6, 6.07) is 11.0. The second kappa shape index (κ2) is 8.18. The summed E-state index contributed by atoms with van der Waals surface area (Å²) in [6.07, 6.45) is 1.51. The number of carbonyl (C=O) groups excluding carboxylic acids is 2. The predicted molar refractivity (Wildman–Crippen MR) is 106 cm³/mol. The molecule has 0 atom stereocenters. The van der Waals surface area contributed by atoms with E-state index in [2.05, 4.69) is 0 Å². The largest absolute Gasteiger partial charge is 0.493 e. The number of esters is 1. The van der Waals surface area contributed by atoms with E-state index in [9.17, 15) is 14.0 Å². The van der Waals surface area contributed by atoms with Crippen molar-refractivity contribution < 1.29 is 28.2 Å². The van der Waals surface area contributed by atoms with Gasteiger partial charge in [0.2, 0.25) is 0 Å². The second-order valence-electron chi connectivity index (χ2n) is 6.18. The van der Waals surface area contributed by atoms with Gasteiger partial charge in [-0.2, -0.15) is 0 Å². The molecule has 2 aromatic carbocycles. The van der Waals surface area contributed by atoms with Crippen molar-refractivity contribution in [2.24, 2.45) is 0 Å². The maximum atomic E-state index is 14.4. The summed E-state index contributed by atoms with van der Waals surface area (Å²) in [5.41, 5.74) is 0.993. The van der Waals surface area contributed by atoms with Gasteiger partial charge < -0.3 is 14.2 Å². The van der Waals surface area contributed by atoms with Crippen LogP contribution in [0.5, 0.6) is 11.5 Å². The molecule has 7 heteroatoms. The smallest absolute Gasteiger partial charge is 0.340 e. The van der Waals surface area contributed by atoms with Crippen molar-refractivity contribution in [2.75, 3.05) is 26.2 Å². The number of benzene rings is 2. The molecule has 0 fully saturated rings. The molecule has 0 aromatic heterocycles. The zero-order chi connectivity index (χ0) is 21.1. The van der Waals surface area contributed by atoms with Crippen molar-refractivity contribution in [3.05, 3.63) is 70.7 Å². The Morgan fingerprint density at radius 3 is 2.38 bits per heavy atom. The van der Waals surface area contributed by atoms with Crippen molar-refractivity contribution in [3.8, 4) is 11.5 Å². The molecule has 1 amide bonds. The Morgan fingerprint density at radius 2 is 1.76 bits per heavy atom. The maximum absolute atomic E-state index is 14.4. The number of amides is 1. The van der Waals surface area contributed by atoms with Crippen molar-refractivity contribution in [2.45, 2.75) is 6.92 Å². The number of hydrogen-bond acceptors (Lipinski definition) is 5. The number of carbonyl (C=O) groups is 2. The third-order valence-corrected chi connectivity index (χ3v) is 4.62. The lowest BCUT2D eigenvalue weighted by atomic mass is 10.0. The molecule has 0 saturated heterocycles. The first-order chi connectivity index (χ1) is 13.9. The summed E-state index contributed by atoms with van der Waals surface area (Å²) in [5.74, 6) is -0.939. The highest BCUT2D eigenvalue weighted by atomic mass is 19.1. The topological polar surface area (TPSA) is 65.1 Å². The fourth-order valence-corrected chi connectivity index (χ4v) is 3.28. The lowest BCUT2D eigenvalue weighted by molar-refractivity contribution is -0.136. The summed E-state index contributed by atoms with van der Waals surface area (Å²) < 4.78 is 29.9. The zero-order valence-electron chi connectivity index (χ0n) is 16.5. The van der Waals surface area contributed by atoms with Gasteiger partial charge in [-0.15, -0.1) is 0 Å². The fraction of sp³-hybridized carbons (Fsp3) is 0.182. The molecule has 0 unspecified atom stereocenters. The lowest BCUT2D eigenvalue weighted by Gasteiger charge is -2.18. The first kappa shape index (κ1) is 20.1. The van der Waals surface area contributed by atoms with Crippen molar-refractivity contribution in [3.63, 3.8) is 0 Å². The van der Waals surface area contributed by atoms with Crippen LogP contribution < -0.4 is 14.4 Å². The zero-order valence-corrected chi connectivity index (χ0v) is 16.5. The monoisotopic (exact) mass is 397 g/mol. The number of anilines is 1. The summed E-state index contributed by atoms with van der Waals surface area (Å²) in [5, 5.41) is 0. The molecule has 2 aromatic rings. The van der Waals surface area contributed by atoms with Gasteiger partial charge in [0.05, 0.1) is 38.2 Å². The van der Waals surface area contributed by atoms with Crippen molar-refractivity contribution in [1.82, 2.24) is 0 Å². The average Bonchev–Trinajstić information content (AvgIpc) is 2.97. The Labute approximate surface area is 167 Å². The first-order valence-corrected chi connectivity index (χ1v) is 8.75. The summed E-state index contributed by atoms with van der Waals surface area (Å²) in [7, 11) is 4.20. The molecule has 150 valence electrons. The second-order valence-corrected chi connectivity index (χ2v) is 6.18. The molecule has 0 N–H and O–H groups in total. The number of para-hydroxylation sites is 2. The number of allylic oxidation sites excluding steroid dienone is 1. The Hall–Kier alpha value is -3.61. The van der Waals surface area contributed by atoms with Gasteiger partial charge in [-0.1, -0.05) is 24.3 Å². The number of hydrogen-bond donors (Lipinski definition) is 0. The summed E-state index contributed by atoms with van der Waals surface area (Å²) in [4.78, 5) is 26.9. The van der Waals surface area contributed by atoms with Crippen LogP contribution in [-0.2, 0) is 14.3 Å². The van der Waals surface area contributed by atoms with E-state index in [4.69, 9.17) is 14.2 Å². The molecule has 29 heavy (non-hydrogen) atoms. The lowest BCUT2D eigenvalue weighted by Crippen LogP contribution is -2.25. The Bertz CT molecular complexity index is 1040. The van der Waals surface area contributed by atoms with Crippen molar-refractivity contribution >= 4 is 23.6 Å². The molecule has 0 saturated carbocycles. The van der Waals surface area contributed by atoms with E-state index < -0.39 is 17.7 Å². The third-order valence-electron chi connectivity index (χ3n) is 4.62. The van der Waals surface area contributed by atoms with Crippen LogP contribution in [0, 0.1) is 5.82 Å². The van der Waals surface area contributed by atoms with E-state index in [0.29, 0.717) is 17.1 Å². The van der Waals surface area contributed by atoms with Gasteiger partial charge in [0.25, 0.3) is 5.91 Å². The molecule has 3 rings (SSSR count). The Kier molecular flexibility index (Phi) is 5.68. The number of methoxy groups -OCH3 is 3. The van der Waals surface area contributed by atoms with Crippen LogP contribution in [-0.4, -0.2) is 33.2 Å². The van der Waals surface area contributed by atoms with Gasteiger partial charge in [0.1, 0.15) is 5.82 Å². The van der Waals surface area contributed by atoms with Gasteiger partial charge >= 0.3 is 5.97 Å². The minimum atomic E-state index is -0.692. The van der Waals surface area contributed by atoms with Crippen LogP contribution in [0.1, 0.15) is 12.5 Å². The van der Waals surface area contributed by atoms with E-state index in [1.165, 1.54) is 50.5 Å². The number of halogens is 1. The minimum absolute atomic E-state index is 0.0532. The van der Waals surface area contributed by atoms with Crippen LogP contribution in [0.3, 0.4) is 0 Å². The SMILES string of the molecule is COC(=O)C1=C(C)N(c2ccccc2F)C(=O)/C1=C\c1cccc(OC)c1OC. The molecular formula is C22H20FNO5. The summed E-state index contributed by atoms with van der Waals surface area (Å²) in [6.45, 7) is 1.57. The van der Waals surface area contributed by atoms with E-state index in [1.807, 2.05) is 0 Å². The third kappa shape index (κ3) is 3.47. The average molecular weight is 397 g/mol. The van der Waals surface area contributed by atoms with Gasteiger partial charge in [0.15, 0.2) is 11.5 Å². The standard InChI is InChI=1S/C22H20FNO5/c1-13-19(22(26)29-4)15(12-14-8-7-11-18(27-2)20(14)28-3)21(25)24(13)17-10-6-5-9-16(17)23/h5-12H,1-4H3/b15-12-. The van der Waals surface area contributed by atoms with E-state index in [-0.39, 0.29) is 22.5 Å². The molecule has 0 radical (unpaired) electrons. The van der Waals surface area contributed by atoms with Crippen LogP contribution in [0.15, 0.2) is 59.3 Å². The van der Waals surface area contributed by atoms with Gasteiger partial charge in [-0.05, 0) is 31.2 Å². The molecule has 0 bridgehead atoms. The molecule has 1 aliphatic heterocycles. The van der Waals surface area contributed by atoms with E-state index in [0.717, 1.165) is 0 Å². The van der Waals surface area contributed by atoms with Gasteiger partial charge in [-0.25, -0.2) is 9.18 Å². The highest BCUT2D eigenvalue weighted by Crippen LogP contribution is 2.39. The van der Waals surface area contributed by atoms with Crippen LogP contribution in [0.4, 0.5) is 10.1 Å². The first-order valence-electron chi connectivity index (χ1n) is 8.75. The predicted octanol–water partition coefficient (Wildman–Crippen LogP) is 3.72. The van der Waals surface area contributed by atoms with Crippen LogP contribution in [0.2, 0.25) is 0 Å². The van der Waals surface area contributed by atoms with Gasteiger partial charge in [-0.3, -0.25) is 9.69 Å². The number of rotatable bonds is 5. The molecule has 6 nitrogen and oxygen atoms in total. The highest BCUT2D eigenvalue weighted by molar-refractivity contribution is 6.24. The normalized spacial score (nSPS) is 15.1. The fourth-order valence-electron chi connectivity index (χ4n) is 3.28. The van der Waals surface area contributed by atoms with Crippen molar-refractivity contribution in [1.29, 1.82) is 0 Å². The van der Waals surface area contributed by atoms with E-state index >= 15 is 0 Å². The quantitative estimate of drug-likeness (QED) is 0.568. The minimum Gasteiger partial charge on any atom is -0.493 e. The number of nitrogens with zero attached hydrogens (tertiary/aromatic N) is 1. The molecule has 1 aliphatic rings. The highest BCUT2D eigenvalue weighted by Gasteiger charge is 2.39. The molecule has 0 aliphatic carbocycles. The number of ether oxygens (including phenoxy) is 3. The summed E-state index contributed by atoms with van der Waals surface area (Å²) >= 11 is 0. The molecule has 1 heterocycles. The Morgan fingerprint density at radius 1 is 1.03 bits per heavy atom. The molecular weight excluding hydrogens is 377 g/mol. The maximum Gasteiger partial charge on any atom is 0.340 e. The van der Waals surface area contributed by atoms with Crippen LogP contribution >= 0.6 is 0 Å². The molecule has 0 spiro atoms. The Balaban J connectivity index is 2.21.